The van der Waals surface area contributed by atoms with Crippen LogP contribution in [0.4, 0.5) is 0 Å². The van der Waals surface area contributed by atoms with E-state index in [1.165, 1.54) is 72.9 Å². The lowest BCUT2D eigenvalue weighted by Crippen LogP contribution is -2.49. The summed E-state index contributed by atoms with van der Waals surface area (Å²) in [6.45, 7) is 0. The highest BCUT2D eigenvalue weighted by atomic mass is 16.3. The first-order valence-electron chi connectivity index (χ1n) is 23.4. The monoisotopic (exact) mass is 806 g/mol. The fourth-order valence-electron chi connectivity index (χ4n) is 12.0. The van der Waals surface area contributed by atoms with Crippen LogP contribution >= 0.6 is 0 Å². The quantitative estimate of drug-likeness (QED) is 0.166. The Hall–Kier alpha value is -6.19. The van der Waals surface area contributed by atoms with Crippen LogP contribution in [0.15, 0.2) is 202 Å². The third-order valence-electron chi connectivity index (χ3n) is 15.0. The lowest BCUT2D eigenvalue weighted by atomic mass is 9.67. The van der Waals surface area contributed by atoms with Crippen LogP contribution in [0.1, 0.15) is 91.9 Å². The number of furan rings is 1. The average Bonchev–Trinajstić information content (AvgIpc) is 3.90. The number of rotatable bonds is 7. The Bertz CT molecular complexity index is 2890. The zero-order valence-corrected chi connectivity index (χ0v) is 35.4. The van der Waals surface area contributed by atoms with E-state index in [0.717, 1.165) is 68.4 Å². The van der Waals surface area contributed by atoms with Crippen LogP contribution in [0.25, 0.3) is 33.1 Å². The van der Waals surface area contributed by atoms with Crippen LogP contribution in [-0.4, -0.2) is 17.9 Å². The molecule has 3 nitrogen and oxygen atoms in total. The van der Waals surface area contributed by atoms with Crippen molar-refractivity contribution < 1.29 is 4.42 Å². The number of hydrogen-bond acceptors (Lipinski definition) is 3. The molecular weight excluding hydrogens is 753 g/mol. The Morgan fingerprint density at radius 3 is 2.35 bits per heavy atom. The molecule has 0 fully saturated rings. The summed E-state index contributed by atoms with van der Waals surface area (Å²) in [6.07, 6.45) is 39.6. The molecule has 0 amide bonds. The van der Waals surface area contributed by atoms with E-state index in [0.29, 0.717) is 17.9 Å². The summed E-state index contributed by atoms with van der Waals surface area (Å²) >= 11 is 0. The molecule has 0 saturated carbocycles. The molecule has 5 aromatic rings. The van der Waals surface area contributed by atoms with Gasteiger partial charge in [-0.05, 0) is 132 Å². The Morgan fingerprint density at radius 1 is 0.661 bits per heavy atom. The fourth-order valence-corrected chi connectivity index (χ4v) is 12.0. The summed E-state index contributed by atoms with van der Waals surface area (Å²) in [4.78, 5) is 5.85. The predicted molar refractivity (Wildman–Crippen MR) is 258 cm³/mol. The summed E-state index contributed by atoms with van der Waals surface area (Å²) in [7, 11) is 0. The lowest BCUT2D eigenvalue weighted by molar-refractivity contribution is 0.267. The minimum atomic E-state index is 0.126. The number of aliphatic imine (C=N–C) groups is 1. The first kappa shape index (κ1) is 37.6. The Balaban J connectivity index is 1.02. The predicted octanol–water partition coefficient (Wildman–Crippen LogP) is 14.5. The van der Waals surface area contributed by atoms with E-state index in [-0.39, 0.29) is 23.8 Å². The Labute approximate surface area is 366 Å². The Morgan fingerprint density at radius 2 is 1.50 bits per heavy atom. The SMILES string of the molecule is C1=CC(C2=NC(C3C=C(C4=CC(c5ccccc5)=CC(c5ccccc5)C4)C=C[C@@H]3[C@H]3C4=CCCC=C4c4c3ccc3oc5ccccc5c43)CC(C3CC=CCC3)N2)=CCC1. The van der Waals surface area contributed by atoms with Crippen molar-refractivity contribution in [2.45, 2.75) is 81.7 Å². The number of amidine groups is 1. The zero-order valence-electron chi connectivity index (χ0n) is 35.4. The van der Waals surface area contributed by atoms with E-state index in [9.17, 15) is 0 Å². The molecule has 0 bridgehead atoms. The molecule has 2 heterocycles. The average molecular weight is 807 g/mol. The smallest absolute Gasteiger partial charge is 0.136 e. The summed E-state index contributed by atoms with van der Waals surface area (Å²) in [5, 5.41) is 6.56. The molecule has 7 atom stereocenters. The van der Waals surface area contributed by atoms with Gasteiger partial charge >= 0.3 is 0 Å². The molecular formula is C59H54N2O. The molecule has 1 aromatic heterocycles. The van der Waals surface area contributed by atoms with Gasteiger partial charge in [0.1, 0.15) is 17.0 Å². The van der Waals surface area contributed by atoms with Gasteiger partial charge in [0, 0.05) is 40.1 Å². The molecule has 0 radical (unpaired) electrons. The van der Waals surface area contributed by atoms with Crippen LogP contribution in [0.2, 0.25) is 0 Å². The van der Waals surface area contributed by atoms with Crippen molar-refractivity contribution >= 4 is 38.9 Å². The van der Waals surface area contributed by atoms with E-state index in [4.69, 9.17) is 9.41 Å². The van der Waals surface area contributed by atoms with Gasteiger partial charge in [-0.3, -0.25) is 4.99 Å². The van der Waals surface area contributed by atoms with Crippen molar-refractivity contribution in [2.24, 2.45) is 22.7 Å². The van der Waals surface area contributed by atoms with Gasteiger partial charge in [-0.25, -0.2) is 0 Å². The lowest BCUT2D eigenvalue weighted by Gasteiger charge is -2.42. The van der Waals surface area contributed by atoms with Crippen molar-refractivity contribution in [1.29, 1.82) is 0 Å². The molecule has 1 N–H and O–H groups in total. The molecule has 0 saturated heterocycles. The number of hydrogen-bond donors (Lipinski definition) is 1. The van der Waals surface area contributed by atoms with Crippen molar-refractivity contribution in [3.8, 4) is 0 Å². The van der Waals surface area contributed by atoms with Crippen molar-refractivity contribution in [3.63, 3.8) is 0 Å². The standard InChI is InChI=1S/C59H54N2O/c1-5-17-38(18-6-1)43-33-44(39-19-7-2-8-20-39)35-45(34-43)42-29-30-48(51(36-42)53-37-52(40-21-9-3-10-22-40)60-59(61-53)41-23-11-4-12-24-41)56-46-25-13-14-26-47(46)57-50(56)31-32-55-58(57)49-27-15-16-28-54(49)62-55/h1-3,5-9,11,15-20,23-34,36,40,44,48,51-53,56H,4,10,12-14,21-22,35,37H2,(H,60,61)/t40?,44?,48-,51?,52?,53?,56+/m0/s1. The van der Waals surface area contributed by atoms with Gasteiger partial charge in [-0.15, -0.1) is 0 Å². The van der Waals surface area contributed by atoms with Crippen LogP contribution in [0.3, 0.4) is 0 Å². The van der Waals surface area contributed by atoms with Crippen molar-refractivity contribution in [1.82, 2.24) is 5.32 Å². The van der Waals surface area contributed by atoms with Gasteiger partial charge < -0.3 is 9.73 Å². The van der Waals surface area contributed by atoms with Crippen LogP contribution in [0, 0.1) is 17.8 Å². The van der Waals surface area contributed by atoms with E-state index >= 15 is 0 Å². The fraction of sp³-hybridized carbons (Fsp3) is 0.271. The number of nitrogens with one attached hydrogen (secondary N) is 1. The third kappa shape index (κ3) is 6.69. The number of para-hydroxylation sites is 1. The van der Waals surface area contributed by atoms with Gasteiger partial charge in [0.05, 0.1) is 6.04 Å². The highest BCUT2D eigenvalue weighted by Gasteiger charge is 2.45. The van der Waals surface area contributed by atoms with Gasteiger partial charge in [-0.2, -0.15) is 0 Å². The highest BCUT2D eigenvalue weighted by molar-refractivity contribution is 6.14. The Kier molecular flexibility index (Phi) is 9.65. The van der Waals surface area contributed by atoms with Crippen LogP contribution in [0.5, 0.6) is 0 Å². The maximum Gasteiger partial charge on any atom is 0.136 e. The second-order valence-electron chi connectivity index (χ2n) is 18.6. The zero-order chi connectivity index (χ0) is 41.0. The molecule has 4 aromatic carbocycles. The van der Waals surface area contributed by atoms with E-state index in [2.05, 4.69) is 175 Å². The first-order chi connectivity index (χ1) is 30.7. The molecule has 1 aliphatic heterocycles. The van der Waals surface area contributed by atoms with Crippen LogP contribution < -0.4 is 5.32 Å². The van der Waals surface area contributed by atoms with E-state index < -0.39 is 0 Å². The largest absolute Gasteiger partial charge is 0.456 e. The van der Waals surface area contributed by atoms with E-state index in [1.54, 1.807) is 0 Å². The van der Waals surface area contributed by atoms with E-state index in [1.807, 2.05) is 0 Å². The number of fused-ring (bicyclic) bond motifs is 7. The second-order valence-corrected chi connectivity index (χ2v) is 18.6. The topological polar surface area (TPSA) is 37.5 Å². The van der Waals surface area contributed by atoms with Gasteiger partial charge in [0.25, 0.3) is 0 Å². The number of nitrogens with zero attached hydrogens (tertiary/aromatic N) is 1. The first-order valence-corrected chi connectivity index (χ1v) is 23.4. The van der Waals surface area contributed by atoms with Gasteiger partial charge in [-0.1, -0.05) is 158 Å². The molecule has 3 heteroatoms. The second kappa shape index (κ2) is 15.9. The van der Waals surface area contributed by atoms with Gasteiger partial charge in [0.15, 0.2) is 0 Å². The molecule has 12 rings (SSSR count). The third-order valence-corrected chi connectivity index (χ3v) is 15.0. The van der Waals surface area contributed by atoms with Crippen molar-refractivity contribution in [3.05, 3.63) is 215 Å². The summed E-state index contributed by atoms with van der Waals surface area (Å²) < 4.78 is 6.53. The van der Waals surface area contributed by atoms with Crippen LogP contribution in [-0.2, 0) is 0 Å². The normalized spacial score (nSPS) is 27.9. The molecule has 5 unspecified atom stereocenters. The molecule has 62 heavy (non-hydrogen) atoms. The molecule has 6 aliphatic carbocycles. The maximum atomic E-state index is 6.53. The molecule has 0 spiro atoms. The minimum absolute atomic E-state index is 0.126. The van der Waals surface area contributed by atoms with Crippen molar-refractivity contribution in [2.75, 3.05) is 0 Å². The highest BCUT2D eigenvalue weighted by Crippen LogP contribution is 2.58. The molecule has 7 aliphatic rings. The van der Waals surface area contributed by atoms with Gasteiger partial charge in [0.2, 0.25) is 0 Å². The molecule has 306 valence electrons. The number of benzene rings is 4. The minimum Gasteiger partial charge on any atom is -0.456 e. The summed E-state index contributed by atoms with van der Waals surface area (Å²) in [5.41, 5.74) is 15.7. The summed E-state index contributed by atoms with van der Waals surface area (Å²) in [5.74, 6) is 2.65. The summed E-state index contributed by atoms with van der Waals surface area (Å²) in [6, 6.07) is 35.9. The number of allylic oxidation sites excluding steroid dienone is 15. The maximum absolute atomic E-state index is 6.53.